The van der Waals surface area contributed by atoms with E-state index in [0.717, 1.165) is 36.2 Å². The fourth-order valence-corrected chi connectivity index (χ4v) is 3.51. The van der Waals surface area contributed by atoms with Gasteiger partial charge in [0, 0.05) is 18.5 Å². The molecule has 0 spiro atoms. The smallest absolute Gasteiger partial charge is 0.545 e. The summed E-state index contributed by atoms with van der Waals surface area (Å²) in [5.74, 6) is -0.330. The number of rotatable bonds is 8. The van der Waals surface area contributed by atoms with Crippen molar-refractivity contribution in [2.45, 2.75) is 39.3 Å². The van der Waals surface area contributed by atoms with E-state index >= 15 is 0 Å². The molecule has 1 N–H and O–H groups in total. The van der Waals surface area contributed by atoms with Crippen LogP contribution in [0.3, 0.4) is 0 Å². The summed E-state index contributed by atoms with van der Waals surface area (Å²) in [6.07, 6.45) is 2.84. The summed E-state index contributed by atoms with van der Waals surface area (Å²) in [6, 6.07) is 14.5. The predicted octanol–water partition coefficient (Wildman–Crippen LogP) is 0.454. The third-order valence-electron chi connectivity index (χ3n) is 4.76. The molecule has 0 bridgehead atoms. The van der Waals surface area contributed by atoms with Gasteiger partial charge < -0.3 is 19.6 Å². The van der Waals surface area contributed by atoms with Gasteiger partial charge in [-0.05, 0) is 23.1 Å². The summed E-state index contributed by atoms with van der Waals surface area (Å²) in [7, 11) is 0. The molecule has 0 aliphatic heterocycles. The Kier molecular flexibility index (Phi) is 9.55. The first-order valence-electron chi connectivity index (χ1n) is 9.29. The topological polar surface area (TPSA) is 78.2 Å². The van der Waals surface area contributed by atoms with Crippen molar-refractivity contribution in [3.8, 4) is 11.1 Å². The molecule has 0 amide bonds. The fraction of sp³-hybridized carbons (Fsp3) is 0.273. The maximum Gasteiger partial charge on any atom is 1.00 e. The molecule has 0 radical (unpaired) electrons. The first-order chi connectivity index (χ1) is 13.5. The summed E-state index contributed by atoms with van der Waals surface area (Å²) in [5, 5.41) is 21.4. The quantitative estimate of drug-likeness (QED) is 0.520. The Hall–Kier alpha value is -0.994. The molecule has 7 heteroatoms. The number of carboxylic acid groups (broad SMARTS) is 1. The molecule has 146 valence electrons. The van der Waals surface area contributed by atoms with Gasteiger partial charge in [-0.2, -0.15) is 0 Å². The molecule has 0 saturated carbocycles. The van der Waals surface area contributed by atoms with Crippen LogP contribution in [0.25, 0.3) is 11.1 Å². The van der Waals surface area contributed by atoms with Crippen molar-refractivity contribution in [2.75, 3.05) is 0 Å². The summed E-state index contributed by atoms with van der Waals surface area (Å²) in [6.45, 7) is 2.48. The second-order valence-electron chi connectivity index (χ2n) is 6.64. The van der Waals surface area contributed by atoms with Gasteiger partial charge in [-0.3, -0.25) is 0 Å². The summed E-state index contributed by atoms with van der Waals surface area (Å²) < 4.78 is 1.96. The Morgan fingerprint density at radius 1 is 1.17 bits per heavy atom. The molecule has 3 aromatic rings. The molecule has 3 rings (SSSR count). The third-order valence-corrected chi connectivity index (χ3v) is 5.06. The van der Waals surface area contributed by atoms with Crippen LogP contribution in [0, 0.1) is 0 Å². The molecule has 1 heterocycles. The zero-order chi connectivity index (χ0) is 20.1. The molecule has 0 atom stereocenters. The van der Waals surface area contributed by atoms with Gasteiger partial charge in [0.05, 0.1) is 18.3 Å². The number of aromatic carboxylic acids is 1. The number of nitrogens with zero attached hydrogens (tertiary/aromatic N) is 2. The van der Waals surface area contributed by atoms with Gasteiger partial charge in [0.15, 0.2) is 5.15 Å². The zero-order valence-electron chi connectivity index (χ0n) is 16.7. The van der Waals surface area contributed by atoms with Gasteiger partial charge in [0.2, 0.25) is 0 Å². The van der Waals surface area contributed by atoms with Gasteiger partial charge in [0.1, 0.15) is 5.82 Å². The van der Waals surface area contributed by atoms with Crippen molar-refractivity contribution in [1.82, 2.24) is 9.55 Å². The Labute approximate surface area is 218 Å². The number of aryl methyl sites for hydroxylation is 1. The molecule has 0 saturated heterocycles. The van der Waals surface area contributed by atoms with Crippen molar-refractivity contribution in [3.05, 3.63) is 76.3 Å². The largest absolute Gasteiger partial charge is 1.00 e. The maximum atomic E-state index is 11.3. The van der Waals surface area contributed by atoms with Crippen molar-refractivity contribution in [3.63, 3.8) is 0 Å². The summed E-state index contributed by atoms with van der Waals surface area (Å²) in [5.41, 5.74) is 3.22. The molecule has 0 aliphatic rings. The molecule has 0 unspecified atom stereocenters. The van der Waals surface area contributed by atoms with E-state index in [0.29, 0.717) is 23.0 Å². The maximum absolute atomic E-state index is 11.3. The minimum Gasteiger partial charge on any atom is -0.545 e. The average molecular weight is 437 g/mol. The number of aliphatic hydroxyl groups is 1. The fourth-order valence-electron chi connectivity index (χ4n) is 3.25. The van der Waals surface area contributed by atoms with Crippen molar-refractivity contribution in [2.24, 2.45) is 0 Å². The van der Waals surface area contributed by atoms with Crippen LogP contribution in [0.15, 0.2) is 48.5 Å². The van der Waals surface area contributed by atoms with Gasteiger partial charge >= 0.3 is 51.4 Å². The Morgan fingerprint density at radius 3 is 2.48 bits per heavy atom. The SMILES string of the molecule is CCCCc1nc(Cl)c(CO)n1Cc1ccc(-c2ccccc2C(=O)[O-])cc1.[K+]. The number of unbranched alkanes of at least 4 members (excludes halogenated alkanes) is 1. The second kappa shape index (κ2) is 11.4. The minimum absolute atomic E-state index is 0. The summed E-state index contributed by atoms with van der Waals surface area (Å²) >= 11 is 6.19. The van der Waals surface area contributed by atoms with Crippen LogP contribution in [-0.4, -0.2) is 20.6 Å². The Balaban J connectivity index is 0.00000300. The molecule has 0 fully saturated rings. The Morgan fingerprint density at radius 2 is 1.86 bits per heavy atom. The monoisotopic (exact) mass is 436 g/mol. The number of aliphatic hydroxyl groups excluding tert-OH is 1. The van der Waals surface area contributed by atoms with Crippen LogP contribution in [0.2, 0.25) is 5.15 Å². The number of carbonyl (C=O) groups is 1. The van der Waals surface area contributed by atoms with Crippen LogP contribution >= 0.6 is 11.6 Å². The zero-order valence-corrected chi connectivity index (χ0v) is 20.6. The number of aromatic nitrogens is 2. The molecule has 29 heavy (non-hydrogen) atoms. The molecule has 0 aliphatic carbocycles. The van der Waals surface area contributed by atoms with E-state index in [1.165, 1.54) is 0 Å². The van der Waals surface area contributed by atoms with Gasteiger partial charge in [-0.25, -0.2) is 4.98 Å². The second-order valence-corrected chi connectivity index (χ2v) is 7.00. The average Bonchev–Trinajstić information content (AvgIpc) is 3.01. The van der Waals surface area contributed by atoms with E-state index in [2.05, 4.69) is 11.9 Å². The molecule has 1 aromatic heterocycles. The van der Waals surface area contributed by atoms with E-state index < -0.39 is 5.97 Å². The number of benzene rings is 2. The van der Waals surface area contributed by atoms with E-state index in [1.807, 2.05) is 28.8 Å². The molecule has 2 aromatic carbocycles. The standard InChI is InChI=1S/C22H23ClN2O3.K/c1-2-3-8-20-24-21(23)19(14-26)25(20)13-15-9-11-16(12-10-15)17-6-4-5-7-18(17)22(27)28;/h4-7,9-12,26H,2-3,8,13-14H2,1H3,(H,27,28);/q;+1/p-1. The van der Waals surface area contributed by atoms with E-state index in [4.69, 9.17) is 11.6 Å². The predicted molar refractivity (Wildman–Crippen MR) is 107 cm³/mol. The first kappa shape index (κ1) is 24.3. The van der Waals surface area contributed by atoms with Crippen LogP contribution < -0.4 is 56.5 Å². The summed E-state index contributed by atoms with van der Waals surface area (Å²) in [4.78, 5) is 15.7. The van der Waals surface area contributed by atoms with Crippen molar-refractivity contribution < 1.29 is 66.4 Å². The van der Waals surface area contributed by atoms with Crippen molar-refractivity contribution in [1.29, 1.82) is 0 Å². The molecular formula is C22H22ClKN2O3. The normalized spacial score (nSPS) is 10.6. The number of hydrogen-bond donors (Lipinski definition) is 1. The first-order valence-corrected chi connectivity index (χ1v) is 9.67. The van der Waals surface area contributed by atoms with Crippen LogP contribution in [0.1, 0.15) is 47.2 Å². The van der Waals surface area contributed by atoms with Crippen molar-refractivity contribution >= 4 is 17.6 Å². The van der Waals surface area contributed by atoms with Gasteiger partial charge in [-0.1, -0.05) is 73.5 Å². The number of carbonyl (C=O) groups excluding carboxylic acids is 1. The number of hydrogen-bond acceptors (Lipinski definition) is 4. The van der Waals surface area contributed by atoms with Gasteiger partial charge in [-0.15, -0.1) is 0 Å². The van der Waals surface area contributed by atoms with Crippen LogP contribution in [0.5, 0.6) is 0 Å². The third kappa shape index (κ3) is 5.79. The number of carboxylic acids is 1. The van der Waals surface area contributed by atoms with Gasteiger partial charge in [0.25, 0.3) is 0 Å². The minimum atomic E-state index is -1.19. The molecular weight excluding hydrogens is 415 g/mol. The molecule has 5 nitrogen and oxygen atoms in total. The van der Waals surface area contributed by atoms with Crippen LogP contribution in [-0.2, 0) is 19.6 Å². The Bertz CT molecular complexity index is 971. The van der Waals surface area contributed by atoms with Crippen LogP contribution in [0.4, 0.5) is 0 Å². The van der Waals surface area contributed by atoms with E-state index in [9.17, 15) is 15.0 Å². The van der Waals surface area contributed by atoms with E-state index in [-0.39, 0.29) is 63.6 Å². The van der Waals surface area contributed by atoms with E-state index in [1.54, 1.807) is 24.3 Å². The number of halogens is 1. The number of imidazole rings is 1.